The van der Waals surface area contributed by atoms with E-state index in [1.807, 2.05) is 32.9 Å². The molecule has 1 amide bonds. The number of carbonyl (C=O) groups excluding carboxylic acids is 4. The number of allylic oxidation sites excluding steroid dienone is 5. The van der Waals surface area contributed by atoms with Crippen molar-refractivity contribution in [1.82, 2.24) is 4.90 Å². The van der Waals surface area contributed by atoms with Gasteiger partial charge in [0.15, 0.2) is 5.78 Å². The van der Waals surface area contributed by atoms with Gasteiger partial charge >= 0.3 is 5.97 Å². The number of aliphatic hydroxyl groups is 3. The van der Waals surface area contributed by atoms with Gasteiger partial charge in [-0.15, -0.1) is 6.58 Å². The van der Waals surface area contributed by atoms with Crippen LogP contribution < -0.4 is 0 Å². The van der Waals surface area contributed by atoms with Gasteiger partial charge in [0.2, 0.25) is 5.79 Å². The Hall–Kier alpha value is -3.00. The van der Waals surface area contributed by atoms with Crippen LogP contribution in [0, 0.1) is 35.5 Å². The lowest BCUT2D eigenvalue weighted by molar-refractivity contribution is -0.302. The molecule has 0 spiro atoms. The lowest BCUT2D eigenvalue weighted by Gasteiger charge is -2.47. The normalized spacial score (nSPS) is 40.4. The van der Waals surface area contributed by atoms with Gasteiger partial charge in [0, 0.05) is 51.0 Å². The van der Waals surface area contributed by atoms with E-state index in [1.165, 1.54) is 19.1 Å². The lowest BCUT2D eigenvalue weighted by atomic mass is 9.78. The van der Waals surface area contributed by atoms with Crippen molar-refractivity contribution in [3.8, 4) is 0 Å². The molecule has 1 saturated carbocycles. The summed E-state index contributed by atoms with van der Waals surface area (Å²) in [7, 11) is 3.07. The summed E-state index contributed by atoms with van der Waals surface area (Å²) in [5.74, 6) is -7.39. The maximum absolute atomic E-state index is 14.2. The maximum atomic E-state index is 14.2. The van der Waals surface area contributed by atoms with Crippen LogP contribution in [0.5, 0.6) is 0 Å². The minimum atomic E-state index is -2.49. The third kappa shape index (κ3) is 10.9. The number of ether oxygens (including phenoxy) is 4. The fourth-order valence-electron chi connectivity index (χ4n) is 9.21. The maximum Gasteiger partial charge on any atom is 0.329 e. The first-order chi connectivity index (χ1) is 26.6. The van der Waals surface area contributed by atoms with Gasteiger partial charge in [-0.25, -0.2) is 4.79 Å². The highest BCUT2D eigenvalue weighted by Crippen LogP contribution is 2.39. The molecule has 1 unspecified atom stereocenters. The summed E-state index contributed by atoms with van der Waals surface area (Å²) < 4.78 is 24.2. The summed E-state index contributed by atoms with van der Waals surface area (Å²) in [5.41, 5.74) is 1.74. The van der Waals surface area contributed by atoms with Crippen molar-refractivity contribution in [3.05, 3.63) is 48.1 Å². The van der Waals surface area contributed by atoms with Crippen LogP contribution in [0.15, 0.2) is 48.1 Å². The van der Waals surface area contributed by atoms with Crippen molar-refractivity contribution in [1.29, 1.82) is 0 Å². The Kier molecular flexibility index (Phi) is 16.8. The van der Waals surface area contributed by atoms with Crippen LogP contribution in [0.3, 0.4) is 0 Å². The van der Waals surface area contributed by atoms with Crippen molar-refractivity contribution in [2.45, 2.75) is 141 Å². The Balaban J connectivity index is 1.78. The van der Waals surface area contributed by atoms with Gasteiger partial charge in [-0.2, -0.15) is 0 Å². The first-order valence-corrected chi connectivity index (χ1v) is 20.6. The average Bonchev–Trinajstić information content (AvgIpc) is 3.18. The number of Topliss-reactive ketones (excluding diaryl/α,β-unsaturated/α-hetero) is 1. The minimum Gasteiger partial charge on any atom is -0.456 e. The highest BCUT2D eigenvalue weighted by molar-refractivity contribution is 6.39. The van der Waals surface area contributed by atoms with E-state index in [4.69, 9.17) is 18.9 Å². The van der Waals surface area contributed by atoms with Crippen molar-refractivity contribution in [3.63, 3.8) is 0 Å². The number of aliphatic hydroxyl groups excluding tert-OH is 2. The fourth-order valence-corrected chi connectivity index (χ4v) is 9.21. The number of ketones is 2. The molecule has 0 aromatic carbocycles. The zero-order valence-electron chi connectivity index (χ0n) is 34.6. The van der Waals surface area contributed by atoms with Crippen LogP contribution in [0.2, 0.25) is 0 Å². The third-order valence-electron chi connectivity index (χ3n) is 12.5. The summed E-state index contributed by atoms with van der Waals surface area (Å²) in [6.07, 6.45) is 10.6. The lowest BCUT2D eigenvalue weighted by Crippen LogP contribution is -2.64. The summed E-state index contributed by atoms with van der Waals surface area (Å²) in [5, 5.41) is 32.3. The van der Waals surface area contributed by atoms with E-state index < -0.39 is 77.8 Å². The molecule has 314 valence electrons. The Labute approximate surface area is 333 Å². The number of cyclic esters (lactones) is 1. The minimum absolute atomic E-state index is 0.0209. The van der Waals surface area contributed by atoms with Gasteiger partial charge in [-0.05, 0) is 102 Å². The molecule has 4 rings (SSSR count). The van der Waals surface area contributed by atoms with Crippen LogP contribution in [0.25, 0.3) is 0 Å². The predicted octanol–water partition coefficient (Wildman–Crippen LogP) is 5.04. The number of esters is 1. The molecule has 2 bridgehead atoms. The quantitative estimate of drug-likeness (QED) is 0.180. The number of carbonyl (C=O) groups is 4. The second-order valence-electron chi connectivity index (χ2n) is 17.0. The number of methoxy groups -OCH3 is 2. The van der Waals surface area contributed by atoms with E-state index >= 15 is 0 Å². The standard InChI is InChI=1S/C44H67NO11/c1-9-12-32-20-26(2)19-27(3)21-37(53-7)40-38(54-8)23-30(6)44(52,56-40)41(49)42(50)45-18-11-10-13-34(45)43(51)55-39(28(4)14-16-35(32)47)29(5)22-31-15-17-36(48)33(24-31)25-46/h9,14,16,20,22,27-28,30-34,36-40,46,48,52H,1,10-13,15,17-19,21,23-25H2,2-8H3/b16-14+,26-20+,29-22+/t27-,28+,30+,31-,32+,33-,34?,36+,37-,38-,39-,40+,44+/m0/s1. The van der Waals surface area contributed by atoms with Gasteiger partial charge < -0.3 is 39.2 Å². The smallest absolute Gasteiger partial charge is 0.329 e. The molecule has 2 saturated heterocycles. The molecule has 0 aromatic heterocycles. The predicted molar refractivity (Wildman–Crippen MR) is 211 cm³/mol. The van der Waals surface area contributed by atoms with Crippen LogP contribution in [0.1, 0.15) is 98.8 Å². The Bertz CT molecular complexity index is 1490. The van der Waals surface area contributed by atoms with Gasteiger partial charge in [-0.3, -0.25) is 14.4 Å². The Morgan fingerprint density at radius 3 is 2.39 bits per heavy atom. The first kappa shape index (κ1) is 45.7. The molecule has 13 atom stereocenters. The summed E-state index contributed by atoms with van der Waals surface area (Å²) in [6.45, 7) is 13.3. The molecule has 3 heterocycles. The molecule has 1 aliphatic carbocycles. The van der Waals surface area contributed by atoms with Gasteiger partial charge in [0.1, 0.15) is 18.2 Å². The largest absolute Gasteiger partial charge is 0.456 e. The van der Waals surface area contributed by atoms with E-state index in [1.54, 1.807) is 25.2 Å². The zero-order chi connectivity index (χ0) is 41.3. The highest BCUT2D eigenvalue weighted by Gasteiger charge is 2.56. The van der Waals surface area contributed by atoms with E-state index in [0.29, 0.717) is 51.4 Å². The van der Waals surface area contributed by atoms with Crippen molar-refractivity contribution in [2.24, 2.45) is 35.5 Å². The Morgan fingerprint density at radius 1 is 1.04 bits per heavy atom. The summed E-state index contributed by atoms with van der Waals surface area (Å²) in [4.78, 5) is 57.6. The second kappa shape index (κ2) is 20.6. The molecule has 0 radical (unpaired) electrons. The van der Waals surface area contributed by atoms with Crippen LogP contribution in [-0.4, -0.2) is 113 Å². The molecule has 56 heavy (non-hydrogen) atoms. The van der Waals surface area contributed by atoms with Gasteiger partial charge in [0.25, 0.3) is 11.7 Å². The number of piperidine rings is 1. The van der Waals surface area contributed by atoms with Crippen LogP contribution >= 0.6 is 0 Å². The van der Waals surface area contributed by atoms with E-state index in [2.05, 4.69) is 13.5 Å². The molecular weight excluding hydrogens is 718 g/mol. The first-order valence-electron chi connectivity index (χ1n) is 20.6. The fraction of sp³-hybridized carbons (Fsp3) is 0.727. The molecular formula is C44H67NO11. The number of hydrogen-bond acceptors (Lipinski definition) is 11. The molecule has 3 N–H and O–H groups in total. The zero-order valence-corrected chi connectivity index (χ0v) is 34.6. The highest BCUT2D eigenvalue weighted by atomic mass is 16.7. The molecule has 3 aliphatic heterocycles. The number of fused-ring (bicyclic) bond motifs is 3. The Morgan fingerprint density at radius 2 is 1.73 bits per heavy atom. The summed E-state index contributed by atoms with van der Waals surface area (Å²) in [6, 6.07) is -1.09. The molecule has 4 aliphatic rings. The molecule has 0 aromatic rings. The van der Waals surface area contributed by atoms with E-state index in [-0.39, 0.29) is 49.5 Å². The number of amides is 1. The monoisotopic (exact) mass is 785 g/mol. The average molecular weight is 786 g/mol. The number of hydrogen-bond donors (Lipinski definition) is 3. The van der Waals surface area contributed by atoms with Gasteiger partial charge in [-0.1, -0.05) is 50.6 Å². The van der Waals surface area contributed by atoms with Crippen molar-refractivity contribution >= 4 is 23.4 Å². The van der Waals surface area contributed by atoms with Gasteiger partial charge in [0.05, 0.1) is 18.3 Å². The van der Waals surface area contributed by atoms with Crippen molar-refractivity contribution < 1.29 is 53.4 Å². The van der Waals surface area contributed by atoms with E-state index in [9.17, 15) is 34.5 Å². The third-order valence-corrected chi connectivity index (χ3v) is 12.5. The van der Waals surface area contributed by atoms with Crippen LogP contribution in [0.4, 0.5) is 0 Å². The van der Waals surface area contributed by atoms with Crippen molar-refractivity contribution in [2.75, 3.05) is 27.4 Å². The SMILES string of the molecule is C=CC[C@@H]1/C=C(\C)C[C@H](C)C[C@H](OC)[C@H]2O[C@@](O)(C(=O)C(=O)N3CCCCC3C(=O)O[C@H](/C(C)=C/[C@@H]3CC[C@@H](O)[C@H](CO)C3)[C@H](C)/C=C/C1=O)[C@H](C)C[C@@H]2OC. The molecule has 12 heteroatoms. The summed E-state index contributed by atoms with van der Waals surface area (Å²) >= 11 is 0. The second-order valence-corrected chi connectivity index (χ2v) is 17.0. The molecule has 3 fully saturated rings. The molecule has 12 nitrogen and oxygen atoms in total. The topological polar surface area (TPSA) is 169 Å². The number of nitrogens with zero attached hydrogens (tertiary/aromatic N) is 1. The van der Waals surface area contributed by atoms with Crippen LogP contribution in [-0.2, 0) is 38.1 Å². The number of rotatable bonds is 7. The van der Waals surface area contributed by atoms with E-state index in [0.717, 1.165) is 11.1 Å².